The lowest BCUT2D eigenvalue weighted by Crippen LogP contribution is -2.42. The van der Waals surface area contributed by atoms with E-state index in [1.807, 2.05) is 47.4 Å². The van der Waals surface area contributed by atoms with Gasteiger partial charge in [-0.3, -0.25) is 9.59 Å². The van der Waals surface area contributed by atoms with Crippen molar-refractivity contribution in [1.82, 2.24) is 4.90 Å². The lowest BCUT2D eigenvalue weighted by molar-refractivity contribution is -0.137. The summed E-state index contributed by atoms with van der Waals surface area (Å²) in [6.45, 7) is 1.36. The van der Waals surface area contributed by atoms with Crippen molar-refractivity contribution >= 4 is 11.9 Å². The molecule has 0 spiro atoms. The SMILES string of the molecule is O=C(O)CCC1CCCN(C(=O)COc2ccccc2Cc2ccccc2)C1. The minimum Gasteiger partial charge on any atom is -0.483 e. The van der Waals surface area contributed by atoms with E-state index in [2.05, 4.69) is 12.1 Å². The maximum atomic E-state index is 12.6. The van der Waals surface area contributed by atoms with Crippen molar-refractivity contribution in [2.24, 2.45) is 5.92 Å². The summed E-state index contributed by atoms with van der Waals surface area (Å²) in [6, 6.07) is 18.0. The van der Waals surface area contributed by atoms with Crippen LogP contribution in [-0.2, 0) is 16.0 Å². The fraction of sp³-hybridized carbons (Fsp3) is 0.391. The minimum absolute atomic E-state index is 0.0114. The van der Waals surface area contributed by atoms with Crippen LogP contribution in [0.4, 0.5) is 0 Å². The summed E-state index contributed by atoms with van der Waals surface area (Å²) in [5.41, 5.74) is 2.25. The van der Waals surface area contributed by atoms with Gasteiger partial charge in [0.15, 0.2) is 6.61 Å². The molecule has 1 aliphatic heterocycles. The van der Waals surface area contributed by atoms with E-state index in [4.69, 9.17) is 9.84 Å². The van der Waals surface area contributed by atoms with Gasteiger partial charge in [-0.05, 0) is 42.4 Å². The molecule has 1 unspecified atom stereocenters. The molecular weight excluding hydrogens is 354 g/mol. The number of likely N-dealkylation sites (tertiary alicyclic amines) is 1. The Bertz CT molecular complexity index is 790. The summed E-state index contributed by atoms with van der Waals surface area (Å²) in [4.78, 5) is 25.2. The Morgan fingerprint density at radius 2 is 1.82 bits per heavy atom. The molecule has 0 aromatic heterocycles. The molecule has 5 heteroatoms. The van der Waals surface area contributed by atoms with Gasteiger partial charge < -0.3 is 14.7 Å². The number of ether oxygens (including phenoxy) is 1. The number of nitrogens with zero attached hydrogens (tertiary/aromatic N) is 1. The van der Waals surface area contributed by atoms with E-state index >= 15 is 0 Å². The van der Waals surface area contributed by atoms with Gasteiger partial charge in [-0.15, -0.1) is 0 Å². The molecule has 148 valence electrons. The molecule has 1 amide bonds. The molecule has 28 heavy (non-hydrogen) atoms. The molecule has 2 aromatic rings. The minimum atomic E-state index is -0.776. The third-order valence-electron chi connectivity index (χ3n) is 5.20. The lowest BCUT2D eigenvalue weighted by Gasteiger charge is -2.32. The monoisotopic (exact) mass is 381 g/mol. The number of hydrogen-bond donors (Lipinski definition) is 1. The fourth-order valence-corrected chi connectivity index (χ4v) is 3.69. The molecule has 1 saturated heterocycles. The van der Waals surface area contributed by atoms with E-state index in [9.17, 15) is 9.59 Å². The molecule has 5 nitrogen and oxygen atoms in total. The topological polar surface area (TPSA) is 66.8 Å². The van der Waals surface area contributed by atoms with Crippen LogP contribution in [-0.4, -0.2) is 41.6 Å². The predicted molar refractivity (Wildman–Crippen MR) is 107 cm³/mol. The highest BCUT2D eigenvalue weighted by atomic mass is 16.5. The second kappa shape index (κ2) is 9.93. The van der Waals surface area contributed by atoms with Crippen LogP contribution in [0.5, 0.6) is 5.75 Å². The average molecular weight is 381 g/mol. The van der Waals surface area contributed by atoms with Gasteiger partial charge in [-0.2, -0.15) is 0 Å². The van der Waals surface area contributed by atoms with Crippen LogP contribution < -0.4 is 4.74 Å². The quantitative estimate of drug-likeness (QED) is 0.756. The van der Waals surface area contributed by atoms with E-state index in [1.165, 1.54) is 5.56 Å². The first-order chi connectivity index (χ1) is 13.6. The summed E-state index contributed by atoms with van der Waals surface area (Å²) >= 11 is 0. The number of carboxylic acids is 1. The Morgan fingerprint density at radius 3 is 2.61 bits per heavy atom. The van der Waals surface area contributed by atoms with Crippen LogP contribution in [0.3, 0.4) is 0 Å². The molecule has 1 atom stereocenters. The zero-order valence-electron chi connectivity index (χ0n) is 16.0. The first-order valence-electron chi connectivity index (χ1n) is 9.86. The van der Waals surface area contributed by atoms with Gasteiger partial charge in [-0.1, -0.05) is 48.5 Å². The van der Waals surface area contributed by atoms with Crippen LogP contribution in [0.25, 0.3) is 0 Å². The van der Waals surface area contributed by atoms with Gasteiger partial charge in [0.25, 0.3) is 5.91 Å². The molecular formula is C23H27NO4. The Labute approximate surface area is 165 Å². The molecule has 1 aliphatic rings. The number of amides is 1. The Kier molecular flexibility index (Phi) is 7.06. The number of rotatable bonds is 8. The Balaban J connectivity index is 1.55. The third-order valence-corrected chi connectivity index (χ3v) is 5.20. The van der Waals surface area contributed by atoms with Gasteiger partial charge in [-0.25, -0.2) is 0 Å². The number of aliphatic carboxylic acids is 1. The van der Waals surface area contributed by atoms with E-state index in [0.29, 0.717) is 13.0 Å². The Morgan fingerprint density at radius 1 is 1.07 bits per heavy atom. The summed E-state index contributed by atoms with van der Waals surface area (Å²) in [5.74, 6) is 0.189. The van der Waals surface area contributed by atoms with Gasteiger partial charge in [0.2, 0.25) is 0 Å². The highest BCUT2D eigenvalue weighted by Gasteiger charge is 2.24. The van der Waals surface area contributed by atoms with Gasteiger partial charge >= 0.3 is 5.97 Å². The average Bonchev–Trinajstić information content (AvgIpc) is 2.72. The van der Waals surface area contributed by atoms with Crippen LogP contribution >= 0.6 is 0 Å². The van der Waals surface area contributed by atoms with Crippen molar-refractivity contribution in [2.45, 2.75) is 32.1 Å². The summed E-state index contributed by atoms with van der Waals surface area (Å²) in [7, 11) is 0. The van der Waals surface area contributed by atoms with Crippen LogP contribution in [0.15, 0.2) is 54.6 Å². The normalized spacial score (nSPS) is 16.6. The maximum Gasteiger partial charge on any atom is 0.303 e. The summed E-state index contributed by atoms with van der Waals surface area (Å²) < 4.78 is 5.87. The second-order valence-corrected chi connectivity index (χ2v) is 7.34. The zero-order valence-corrected chi connectivity index (χ0v) is 16.0. The summed E-state index contributed by atoms with van der Waals surface area (Å²) in [6.07, 6.45) is 3.45. The van der Waals surface area contributed by atoms with Crippen molar-refractivity contribution in [3.63, 3.8) is 0 Å². The molecule has 3 rings (SSSR count). The summed E-state index contributed by atoms with van der Waals surface area (Å²) in [5, 5.41) is 8.86. The molecule has 1 fully saturated rings. The molecule has 0 aliphatic carbocycles. The lowest BCUT2D eigenvalue weighted by atomic mass is 9.93. The van der Waals surface area contributed by atoms with Crippen molar-refractivity contribution in [3.05, 3.63) is 65.7 Å². The highest BCUT2D eigenvalue weighted by molar-refractivity contribution is 5.78. The molecule has 2 aromatic carbocycles. The van der Waals surface area contributed by atoms with E-state index in [0.717, 1.165) is 37.1 Å². The number of carbonyl (C=O) groups is 2. The number of para-hydroxylation sites is 1. The molecule has 0 bridgehead atoms. The number of carboxylic acid groups (broad SMARTS) is 1. The van der Waals surface area contributed by atoms with Gasteiger partial charge in [0, 0.05) is 25.9 Å². The molecule has 1 heterocycles. The molecule has 1 N–H and O–H groups in total. The molecule has 0 saturated carbocycles. The highest BCUT2D eigenvalue weighted by Crippen LogP contribution is 2.23. The van der Waals surface area contributed by atoms with Crippen molar-refractivity contribution < 1.29 is 19.4 Å². The van der Waals surface area contributed by atoms with E-state index < -0.39 is 5.97 Å². The fourth-order valence-electron chi connectivity index (χ4n) is 3.69. The van der Waals surface area contributed by atoms with Crippen LogP contribution in [0.1, 0.15) is 36.8 Å². The van der Waals surface area contributed by atoms with Crippen molar-refractivity contribution in [2.75, 3.05) is 19.7 Å². The molecule has 0 radical (unpaired) electrons. The van der Waals surface area contributed by atoms with Crippen molar-refractivity contribution in [1.29, 1.82) is 0 Å². The first-order valence-corrected chi connectivity index (χ1v) is 9.86. The number of carbonyl (C=O) groups excluding carboxylic acids is 1. The first kappa shape index (κ1) is 19.9. The van der Waals surface area contributed by atoms with Crippen LogP contribution in [0, 0.1) is 5.92 Å². The van der Waals surface area contributed by atoms with Crippen LogP contribution in [0.2, 0.25) is 0 Å². The predicted octanol–water partition coefficient (Wildman–Crippen LogP) is 3.76. The van der Waals surface area contributed by atoms with E-state index in [-0.39, 0.29) is 24.9 Å². The van der Waals surface area contributed by atoms with E-state index in [1.54, 1.807) is 0 Å². The standard InChI is InChI=1S/C23H27NO4/c25-22(24-14-6-9-19(16-24)12-13-23(26)27)17-28-21-11-5-4-10-20(21)15-18-7-2-1-3-8-18/h1-5,7-8,10-11,19H,6,9,12-17H2,(H,26,27). The van der Waals surface area contributed by atoms with Gasteiger partial charge in [0.05, 0.1) is 0 Å². The third kappa shape index (κ3) is 5.84. The zero-order chi connectivity index (χ0) is 19.8. The number of piperidine rings is 1. The Hall–Kier alpha value is -2.82. The smallest absolute Gasteiger partial charge is 0.303 e. The largest absolute Gasteiger partial charge is 0.483 e. The number of benzene rings is 2. The maximum absolute atomic E-state index is 12.6. The number of hydrogen-bond acceptors (Lipinski definition) is 3. The van der Waals surface area contributed by atoms with Crippen molar-refractivity contribution in [3.8, 4) is 5.75 Å². The second-order valence-electron chi connectivity index (χ2n) is 7.34. The van der Waals surface area contributed by atoms with Gasteiger partial charge in [0.1, 0.15) is 5.75 Å².